The maximum absolute atomic E-state index is 12.6. The molecule has 2 rings (SSSR count). The average molecular weight is 352 g/mol. The summed E-state index contributed by atoms with van der Waals surface area (Å²) in [4.78, 5) is 11.6. The van der Waals surface area contributed by atoms with Crippen molar-refractivity contribution < 1.29 is 22.7 Å². The molecule has 0 aromatic heterocycles. The summed E-state index contributed by atoms with van der Waals surface area (Å²) in [7, 11) is 0. The monoisotopic (exact) mass is 352 g/mol. The SMILES string of the molecule is CC(C)(C)OC(=O)c1ccccc1C(F)(F)F.CCc1ccccc1. The number of ether oxygens (including phenoxy) is 1. The van der Waals surface area contributed by atoms with Crippen LogP contribution in [0.25, 0.3) is 0 Å². The maximum atomic E-state index is 12.6. The van der Waals surface area contributed by atoms with E-state index in [0.29, 0.717) is 0 Å². The molecule has 0 atom stereocenters. The van der Waals surface area contributed by atoms with Crippen LogP contribution in [0, 0.1) is 0 Å². The van der Waals surface area contributed by atoms with Gasteiger partial charge in [0.05, 0.1) is 11.1 Å². The summed E-state index contributed by atoms with van der Waals surface area (Å²) in [5, 5.41) is 0. The Labute approximate surface area is 146 Å². The predicted molar refractivity (Wildman–Crippen MR) is 92.4 cm³/mol. The normalized spacial score (nSPS) is 11.3. The minimum Gasteiger partial charge on any atom is -0.456 e. The number of rotatable bonds is 2. The molecule has 0 aliphatic carbocycles. The smallest absolute Gasteiger partial charge is 0.417 e. The Hall–Kier alpha value is -2.30. The first kappa shape index (κ1) is 20.7. The van der Waals surface area contributed by atoms with Crippen molar-refractivity contribution in [3.05, 3.63) is 71.3 Å². The fourth-order valence-electron chi connectivity index (χ4n) is 1.96. The van der Waals surface area contributed by atoms with Gasteiger partial charge in [-0.3, -0.25) is 0 Å². The summed E-state index contributed by atoms with van der Waals surface area (Å²) in [6.45, 7) is 6.96. The van der Waals surface area contributed by atoms with Crippen molar-refractivity contribution in [2.24, 2.45) is 0 Å². The Kier molecular flexibility index (Phi) is 7.22. The number of alkyl halides is 3. The number of esters is 1. The molecule has 2 aromatic carbocycles. The first-order chi connectivity index (χ1) is 11.5. The number of carbonyl (C=O) groups excluding carboxylic acids is 1. The Morgan fingerprint density at radius 2 is 1.44 bits per heavy atom. The highest BCUT2D eigenvalue weighted by molar-refractivity contribution is 5.91. The van der Waals surface area contributed by atoms with Gasteiger partial charge in [0, 0.05) is 0 Å². The third-order valence-electron chi connectivity index (χ3n) is 3.10. The topological polar surface area (TPSA) is 26.3 Å². The van der Waals surface area contributed by atoms with Gasteiger partial charge in [-0.15, -0.1) is 0 Å². The van der Waals surface area contributed by atoms with Crippen molar-refractivity contribution in [2.45, 2.75) is 45.9 Å². The number of aryl methyl sites for hydroxylation is 1. The molecule has 2 aromatic rings. The van der Waals surface area contributed by atoms with Crippen LogP contribution in [0.4, 0.5) is 13.2 Å². The summed E-state index contributed by atoms with van der Waals surface area (Å²) in [6.07, 6.45) is -3.42. The predicted octanol–water partition coefficient (Wildman–Crippen LogP) is 5.91. The van der Waals surface area contributed by atoms with Crippen molar-refractivity contribution in [3.8, 4) is 0 Å². The molecule has 0 N–H and O–H groups in total. The Morgan fingerprint density at radius 3 is 1.88 bits per heavy atom. The lowest BCUT2D eigenvalue weighted by molar-refractivity contribution is -0.138. The number of benzene rings is 2. The maximum Gasteiger partial charge on any atom is 0.417 e. The van der Waals surface area contributed by atoms with Crippen LogP contribution in [0.15, 0.2) is 54.6 Å². The van der Waals surface area contributed by atoms with E-state index in [4.69, 9.17) is 4.74 Å². The quantitative estimate of drug-likeness (QED) is 0.628. The third-order valence-corrected chi connectivity index (χ3v) is 3.10. The van der Waals surface area contributed by atoms with Gasteiger partial charge in [-0.1, -0.05) is 49.4 Å². The lowest BCUT2D eigenvalue weighted by Crippen LogP contribution is -2.25. The van der Waals surface area contributed by atoms with Gasteiger partial charge in [-0.25, -0.2) is 4.79 Å². The zero-order valence-corrected chi connectivity index (χ0v) is 14.9. The number of carbonyl (C=O) groups is 1. The van der Waals surface area contributed by atoms with Crippen LogP contribution < -0.4 is 0 Å². The molecule has 0 heterocycles. The summed E-state index contributed by atoms with van der Waals surface area (Å²) >= 11 is 0. The lowest BCUT2D eigenvalue weighted by Gasteiger charge is -2.21. The molecule has 0 aliphatic heterocycles. The van der Waals surface area contributed by atoms with Crippen molar-refractivity contribution in [1.82, 2.24) is 0 Å². The Morgan fingerprint density at radius 1 is 0.920 bits per heavy atom. The first-order valence-electron chi connectivity index (χ1n) is 7.98. The fourth-order valence-corrected chi connectivity index (χ4v) is 1.96. The zero-order chi connectivity index (χ0) is 19.1. The van der Waals surface area contributed by atoms with E-state index >= 15 is 0 Å². The Balaban J connectivity index is 0.000000324. The minimum atomic E-state index is -4.56. The molecule has 0 radical (unpaired) electrons. The zero-order valence-electron chi connectivity index (χ0n) is 14.9. The van der Waals surface area contributed by atoms with Crippen molar-refractivity contribution in [3.63, 3.8) is 0 Å². The van der Waals surface area contributed by atoms with Gasteiger partial charge in [0.2, 0.25) is 0 Å². The van der Waals surface area contributed by atoms with Crippen molar-refractivity contribution in [1.29, 1.82) is 0 Å². The van der Waals surface area contributed by atoms with Gasteiger partial charge in [0.15, 0.2) is 0 Å². The molecule has 5 heteroatoms. The average Bonchev–Trinajstić information content (AvgIpc) is 2.54. The highest BCUT2D eigenvalue weighted by Crippen LogP contribution is 2.32. The molecule has 0 aliphatic rings. The third kappa shape index (κ3) is 7.42. The molecule has 25 heavy (non-hydrogen) atoms. The summed E-state index contributed by atoms with van der Waals surface area (Å²) in [5.41, 5.74) is -0.854. The summed E-state index contributed by atoms with van der Waals surface area (Å²) in [5.74, 6) is -0.967. The van der Waals surface area contributed by atoms with Crippen LogP contribution in [0.1, 0.15) is 49.2 Å². The van der Waals surface area contributed by atoms with E-state index in [0.717, 1.165) is 18.6 Å². The highest BCUT2D eigenvalue weighted by atomic mass is 19.4. The van der Waals surface area contributed by atoms with Gasteiger partial charge in [-0.2, -0.15) is 13.2 Å². The molecule has 0 saturated heterocycles. The summed E-state index contributed by atoms with van der Waals surface area (Å²) < 4.78 is 42.8. The number of hydrogen-bond donors (Lipinski definition) is 0. The van der Waals surface area contributed by atoms with Crippen LogP contribution >= 0.6 is 0 Å². The lowest BCUT2D eigenvalue weighted by atomic mass is 10.1. The van der Waals surface area contributed by atoms with Crippen LogP contribution in [0.5, 0.6) is 0 Å². The molecular weight excluding hydrogens is 329 g/mol. The summed E-state index contributed by atoms with van der Waals surface area (Å²) in [6, 6.07) is 15.0. The molecule has 0 amide bonds. The van der Waals surface area contributed by atoms with E-state index in [-0.39, 0.29) is 0 Å². The van der Waals surface area contributed by atoms with Crippen LogP contribution in [0.2, 0.25) is 0 Å². The van der Waals surface area contributed by atoms with E-state index in [2.05, 4.69) is 31.2 Å². The van der Waals surface area contributed by atoms with Crippen LogP contribution in [0.3, 0.4) is 0 Å². The van der Waals surface area contributed by atoms with Gasteiger partial charge >= 0.3 is 12.1 Å². The second-order valence-corrected chi connectivity index (χ2v) is 6.38. The molecule has 136 valence electrons. The van der Waals surface area contributed by atoms with E-state index in [1.165, 1.54) is 17.7 Å². The highest BCUT2D eigenvalue weighted by Gasteiger charge is 2.36. The van der Waals surface area contributed by atoms with Gasteiger partial charge in [0.1, 0.15) is 5.60 Å². The van der Waals surface area contributed by atoms with Crippen molar-refractivity contribution in [2.75, 3.05) is 0 Å². The van der Waals surface area contributed by atoms with E-state index < -0.39 is 28.9 Å². The van der Waals surface area contributed by atoms with Crippen molar-refractivity contribution >= 4 is 5.97 Å². The first-order valence-corrected chi connectivity index (χ1v) is 7.98. The molecule has 0 saturated carbocycles. The van der Waals surface area contributed by atoms with E-state index in [9.17, 15) is 18.0 Å². The molecule has 2 nitrogen and oxygen atoms in total. The number of halogens is 3. The van der Waals surface area contributed by atoms with E-state index in [1.54, 1.807) is 20.8 Å². The Bertz CT molecular complexity index is 671. The van der Waals surface area contributed by atoms with Crippen LogP contribution in [-0.4, -0.2) is 11.6 Å². The molecular formula is C20H23F3O2. The molecule has 0 spiro atoms. The molecule has 0 bridgehead atoms. The second-order valence-electron chi connectivity index (χ2n) is 6.38. The molecule has 0 fully saturated rings. The van der Waals surface area contributed by atoms with E-state index in [1.807, 2.05) is 6.07 Å². The van der Waals surface area contributed by atoms with Crippen LogP contribution in [-0.2, 0) is 17.3 Å². The minimum absolute atomic E-state index is 0.463. The standard InChI is InChI=1S/C12H13F3O2.C8H10/c1-11(2,3)17-10(16)8-6-4-5-7-9(8)12(13,14)15;1-2-8-6-4-3-5-7-8/h4-7H,1-3H3;3-7H,2H2,1H3. The van der Waals surface area contributed by atoms with Gasteiger partial charge in [0.25, 0.3) is 0 Å². The largest absolute Gasteiger partial charge is 0.456 e. The second kappa shape index (κ2) is 8.70. The van der Waals surface area contributed by atoms with Gasteiger partial charge < -0.3 is 4.74 Å². The number of hydrogen-bond acceptors (Lipinski definition) is 2. The fraction of sp³-hybridized carbons (Fsp3) is 0.350. The molecule has 0 unspecified atom stereocenters. The van der Waals surface area contributed by atoms with Gasteiger partial charge in [-0.05, 0) is 44.9 Å².